The molecule has 0 saturated carbocycles. The second-order valence-corrected chi connectivity index (χ2v) is 7.36. The Kier molecular flexibility index (Phi) is 7.73. The number of benzene rings is 2. The molecule has 2 aromatic carbocycles. The molecule has 1 unspecified atom stereocenters. The van der Waals surface area contributed by atoms with E-state index >= 15 is 0 Å². The van der Waals surface area contributed by atoms with Gasteiger partial charge < -0.3 is 15.2 Å². The first-order valence-corrected chi connectivity index (χ1v) is 10.0. The van der Waals surface area contributed by atoms with Gasteiger partial charge in [0, 0.05) is 4.90 Å². The van der Waals surface area contributed by atoms with Crippen molar-refractivity contribution >= 4 is 23.6 Å². The first-order valence-electron chi connectivity index (χ1n) is 8.78. The highest BCUT2D eigenvalue weighted by molar-refractivity contribution is 7.98. The number of hydrogen-bond donors (Lipinski definition) is 2. The van der Waals surface area contributed by atoms with Crippen LogP contribution in [0.5, 0.6) is 5.75 Å². The summed E-state index contributed by atoms with van der Waals surface area (Å²) in [5.41, 5.74) is 1.60. The number of hydrogen-bond acceptors (Lipinski definition) is 4. The van der Waals surface area contributed by atoms with Crippen LogP contribution in [-0.2, 0) is 16.0 Å². The van der Waals surface area contributed by atoms with Gasteiger partial charge in [-0.1, -0.05) is 24.3 Å². The molecule has 27 heavy (non-hydrogen) atoms. The number of rotatable bonds is 9. The van der Waals surface area contributed by atoms with Crippen LogP contribution in [0, 0.1) is 0 Å². The number of amides is 1. The van der Waals surface area contributed by atoms with Crippen molar-refractivity contribution < 1.29 is 19.4 Å². The molecule has 0 aromatic heterocycles. The Labute approximate surface area is 164 Å². The van der Waals surface area contributed by atoms with Gasteiger partial charge in [-0.3, -0.25) is 9.59 Å². The second-order valence-electron chi connectivity index (χ2n) is 6.48. The standard InChI is InChI=1S/C21H25NO4S/c1-14(2)26-17-6-4-5-15(11-17)12-20(23)22-19(13-21(24)25)16-7-9-18(27-3)10-8-16/h4-11,14,19H,12-13H2,1-3H3,(H,22,23)(H,24,25). The van der Waals surface area contributed by atoms with Crippen LogP contribution in [0.25, 0.3) is 0 Å². The molecule has 1 amide bonds. The van der Waals surface area contributed by atoms with Crippen molar-refractivity contribution in [3.8, 4) is 5.75 Å². The highest BCUT2D eigenvalue weighted by Crippen LogP contribution is 2.22. The van der Waals surface area contributed by atoms with Gasteiger partial charge in [-0.05, 0) is 55.5 Å². The van der Waals surface area contributed by atoms with Gasteiger partial charge in [0.15, 0.2) is 0 Å². The van der Waals surface area contributed by atoms with Gasteiger partial charge in [-0.15, -0.1) is 11.8 Å². The van der Waals surface area contributed by atoms with Crippen LogP contribution >= 0.6 is 11.8 Å². The summed E-state index contributed by atoms with van der Waals surface area (Å²) in [5, 5.41) is 12.0. The van der Waals surface area contributed by atoms with E-state index in [-0.39, 0.29) is 24.9 Å². The Hall–Kier alpha value is -2.47. The lowest BCUT2D eigenvalue weighted by molar-refractivity contribution is -0.137. The number of carbonyl (C=O) groups is 2. The topological polar surface area (TPSA) is 75.6 Å². The molecule has 0 aliphatic heterocycles. The fourth-order valence-electron chi connectivity index (χ4n) is 2.69. The first kappa shape index (κ1) is 20.8. The summed E-state index contributed by atoms with van der Waals surface area (Å²) < 4.78 is 5.65. The predicted molar refractivity (Wildman–Crippen MR) is 107 cm³/mol. The molecular weight excluding hydrogens is 362 g/mol. The van der Waals surface area contributed by atoms with Crippen molar-refractivity contribution in [2.24, 2.45) is 0 Å². The number of carboxylic acids is 1. The van der Waals surface area contributed by atoms with Gasteiger partial charge in [-0.2, -0.15) is 0 Å². The van der Waals surface area contributed by atoms with Gasteiger partial charge >= 0.3 is 5.97 Å². The van der Waals surface area contributed by atoms with Crippen molar-refractivity contribution in [1.82, 2.24) is 5.32 Å². The van der Waals surface area contributed by atoms with Gasteiger partial charge in [0.05, 0.1) is 25.0 Å². The Balaban J connectivity index is 2.07. The van der Waals surface area contributed by atoms with E-state index in [1.165, 1.54) is 0 Å². The first-order chi connectivity index (χ1) is 12.9. The van der Waals surface area contributed by atoms with Crippen LogP contribution in [0.15, 0.2) is 53.4 Å². The molecule has 0 heterocycles. The van der Waals surface area contributed by atoms with E-state index in [1.807, 2.05) is 68.6 Å². The van der Waals surface area contributed by atoms with E-state index in [0.717, 1.165) is 16.0 Å². The van der Waals surface area contributed by atoms with Crippen molar-refractivity contribution in [1.29, 1.82) is 0 Å². The molecular formula is C21H25NO4S. The highest BCUT2D eigenvalue weighted by atomic mass is 32.2. The van der Waals surface area contributed by atoms with E-state index < -0.39 is 12.0 Å². The largest absolute Gasteiger partial charge is 0.491 e. The lowest BCUT2D eigenvalue weighted by atomic mass is 10.0. The monoisotopic (exact) mass is 387 g/mol. The van der Waals surface area contributed by atoms with Crippen molar-refractivity contribution in [3.63, 3.8) is 0 Å². The zero-order chi connectivity index (χ0) is 19.8. The molecule has 0 fully saturated rings. The molecule has 1 atom stereocenters. The number of ether oxygens (including phenoxy) is 1. The molecule has 2 aromatic rings. The minimum absolute atomic E-state index is 0.0540. The van der Waals surface area contributed by atoms with Crippen molar-refractivity contribution in [3.05, 3.63) is 59.7 Å². The number of carboxylic acid groups (broad SMARTS) is 1. The van der Waals surface area contributed by atoms with E-state index in [4.69, 9.17) is 4.74 Å². The quantitative estimate of drug-likeness (QED) is 0.635. The lowest BCUT2D eigenvalue weighted by Gasteiger charge is -2.18. The number of nitrogens with one attached hydrogen (secondary N) is 1. The molecule has 2 N–H and O–H groups in total. The fraction of sp³-hybridized carbons (Fsp3) is 0.333. The molecule has 0 bridgehead atoms. The van der Waals surface area contributed by atoms with Crippen LogP contribution in [0.1, 0.15) is 37.4 Å². The Morgan fingerprint density at radius 1 is 1.15 bits per heavy atom. The number of aliphatic carboxylic acids is 1. The summed E-state index contributed by atoms with van der Waals surface area (Å²) in [7, 11) is 0. The van der Waals surface area contributed by atoms with Gasteiger partial charge in [0.25, 0.3) is 0 Å². The summed E-state index contributed by atoms with van der Waals surface area (Å²) in [4.78, 5) is 24.8. The zero-order valence-corrected chi connectivity index (χ0v) is 16.6. The van der Waals surface area contributed by atoms with E-state index in [1.54, 1.807) is 11.8 Å². The molecule has 0 saturated heterocycles. The normalized spacial score (nSPS) is 11.9. The average molecular weight is 388 g/mol. The third-order valence-electron chi connectivity index (χ3n) is 3.87. The van der Waals surface area contributed by atoms with Crippen molar-refractivity contribution in [2.75, 3.05) is 6.26 Å². The minimum Gasteiger partial charge on any atom is -0.491 e. The third kappa shape index (κ3) is 6.98. The summed E-state index contributed by atoms with van der Waals surface area (Å²) in [6.45, 7) is 3.89. The van der Waals surface area contributed by atoms with E-state index in [9.17, 15) is 14.7 Å². The molecule has 0 aliphatic carbocycles. The maximum atomic E-state index is 12.5. The molecule has 144 valence electrons. The third-order valence-corrected chi connectivity index (χ3v) is 4.61. The molecule has 6 heteroatoms. The zero-order valence-electron chi connectivity index (χ0n) is 15.8. The summed E-state index contributed by atoms with van der Waals surface area (Å²) >= 11 is 1.61. The molecule has 0 aliphatic rings. The van der Waals surface area contributed by atoms with Gasteiger partial charge in [0.2, 0.25) is 5.91 Å². The Morgan fingerprint density at radius 3 is 2.44 bits per heavy atom. The van der Waals surface area contributed by atoms with Crippen LogP contribution in [0.3, 0.4) is 0 Å². The molecule has 5 nitrogen and oxygen atoms in total. The number of carbonyl (C=O) groups excluding carboxylic acids is 1. The van der Waals surface area contributed by atoms with E-state index in [2.05, 4.69) is 5.32 Å². The predicted octanol–water partition coefficient (Wildman–Crippen LogP) is 4.07. The van der Waals surface area contributed by atoms with Crippen LogP contribution in [0.4, 0.5) is 0 Å². The minimum atomic E-state index is -0.957. The Bertz CT molecular complexity index is 774. The maximum absolute atomic E-state index is 12.5. The Morgan fingerprint density at radius 2 is 1.85 bits per heavy atom. The summed E-state index contributed by atoms with van der Waals surface area (Å²) in [5.74, 6) is -0.469. The van der Waals surface area contributed by atoms with Crippen LogP contribution < -0.4 is 10.1 Å². The van der Waals surface area contributed by atoms with E-state index in [0.29, 0.717) is 5.75 Å². The SMILES string of the molecule is CSc1ccc(C(CC(=O)O)NC(=O)Cc2cccc(OC(C)C)c2)cc1. The smallest absolute Gasteiger partial charge is 0.305 e. The van der Waals surface area contributed by atoms with Crippen molar-refractivity contribution in [2.45, 2.75) is 43.7 Å². The van der Waals surface area contributed by atoms with Crippen LogP contribution in [0.2, 0.25) is 0 Å². The molecule has 0 spiro atoms. The number of thioether (sulfide) groups is 1. The summed E-state index contributed by atoms with van der Waals surface area (Å²) in [6.07, 6.45) is 2.02. The second kappa shape index (κ2) is 10.0. The van der Waals surface area contributed by atoms with Gasteiger partial charge in [-0.25, -0.2) is 0 Å². The average Bonchev–Trinajstić information content (AvgIpc) is 2.60. The maximum Gasteiger partial charge on any atom is 0.305 e. The molecule has 0 radical (unpaired) electrons. The lowest BCUT2D eigenvalue weighted by Crippen LogP contribution is -2.31. The summed E-state index contributed by atoms with van der Waals surface area (Å²) in [6, 6.07) is 14.4. The fourth-order valence-corrected chi connectivity index (χ4v) is 3.10. The highest BCUT2D eigenvalue weighted by Gasteiger charge is 2.18. The molecule has 2 rings (SSSR count). The van der Waals surface area contributed by atoms with Crippen LogP contribution in [-0.4, -0.2) is 29.3 Å². The van der Waals surface area contributed by atoms with Gasteiger partial charge in [0.1, 0.15) is 5.75 Å².